The fourth-order valence-corrected chi connectivity index (χ4v) is 5.45. The van der Waals surface area contributed by atoms with E-state index in [9.17, 15) is 4.79 Å². The van der Waals surface area contributed by atoms with Crippen molar-refractivity contribution in [1.82, 2.24) is 24.6 Å². The lowest BCUT2D eigenvalue weighted by Gasteiger charge is -2.33. The van der Waals surface area contributed by atoms with Crippen LogP contribution in [0.15, 0.2) is 42.7 Å². The number of carbonyl (C=O) groups is 1. The number of nitrogens with one attached hydrogen (secondary N) is 1. The smallest absolute Gasteiger partial charge is 0.262 e. The normalized spacial score (nSPS) is 17.4. The summed E-state index contributed by atoms with van der Waals surface area (Å²) in [7, 11) is 0. The molecule has 4 aromatic heterocycles. The summed E-state index contributed by atoms with van der Waals surface area (Å²) in [4.78, 5) is 26.2. The maximum atomic E-state index is 13.0. The van der Waals surface area contributed by atoms with Crippen molar-refractivity contribution in [3.8, 4) is 0 Å². The van der Waals surface area contributed by atoms with E-state index in [1.807, 2.05) is 44.2 Å². The molecule has 5 heterocycles. The second kappa shape index (κ2) is 8.61. The van der Waals surface area contributed by atoms with E-state index in [2.05, 4.69) is 32.7 Å². The van der Waals surface area contributed by atoms with E-state index < -0.39 is 0 Å². The molecule has 1 aliphatic heterocycles. The van der Waals surface area contributed by atoms with Gasteiger partial charge in [0.2, 0.25) is 0 Å². The third kappa shape index (κ3) is 3.90. The van der Waals surface area contributed by atoms with Gasteiger partial charge in [-0.3, -0.25) is 9.69 Å². The number of aromatic nitrogens is 3. The van der Waals surface area contributed by atoms with Gasteiger partial charge in [0, 0.05) is 49.0 Å². The van der Waals surface area contributed by atoms with Gasteiger partial charge in [-0.2, -0.15) is 0 Å². The van der Waals surface area contributed by atoms with Crippen LogP contribution in [0.25, 0.3) is 15.9 Å². The summed E-state index contributed by atoms with van der Waals surface area (Å²) in [6.45, 7) is 8.95. The molecule has 1 aliphatic rings. The Balaban J connectivity index is 1.46. The molecule has 0 spiro atoms. The Morgan fingerprint density at radius 3 is 3.03 bits per heavy atom. The molecule has 32 heavy (non-hydrogen) atoms. The van der Waals surface area contributed by atoms with Crippen molar-refractivity contribution >= 4 is 33.1 Å². The minimum absolute atomic E-state index is 0.0589. The highest BCUT2D eigenvalue weighted by atomic mass is 32.1. The molecule has 0 saturated carbocycles. The van der Waals surface area contributed by atoms with Gasteiger partial charge in [0.05, 0.1) is 24.1 Å². The summed E-state index contributed by atoms with van der Waals surface area (Å²) in [6, 6.07) is 10.1. The second-order valence-corrected chi connectivity index (χ2v) is 9.50. The van der Waals surface area contributed by atoms with Gasteiger partial charge in [-0.25, -0.2) is 9.97 Å². The summed E-state index contributed by atoms with van der Waals surface area (Å²) >= 11 is 1.44. The predicted octanol–water partition coefficient (Wildman–Crippen LogP) is 3.96. The highest BCUT2D eigenvalue weighted by Crippen LogP contribution is 2.37. The Labute approximate surface area is 191 Å². The van der Waals surface area contributed by atoms with Gasteiger partial charge in [-0.05, 0) is 39.0 Å². The maximum absolute atomic E-state index is 13.0. The first-order valence-corrected chi connectivity index (χ1v) is 11.8. The summed E-state index contributed by atoms with van der Waals surface area (Å²) < 4.78 is 8.39. The number of pyridine rings is 2. The average molecular weight is 450 g/mol. The molecule has 8 heteroatoms. The number of carbonyl (C=O) groups excluding carboxylic acids is 1. The zero-order valence-corrected chi connectivity index (χ0v) is 19.4. The molecule has 1 unspecified atom stereocenters. The number of thiophene rings is 1. The van der Waals surface area contributed by atoms with Crippen LogP contribution < -0.4 is 5.32 Å². The van der Waals surface area contributed by atoms with Crippen molar-refractivity contribution in [2.75, 3.05) is 19.7 Å². The van der Waals surface area contributed by atoms with Crippen molar-refractivity contribution in [2.24, 2.45) is 0 Å². The van der Waals surface area contributed by atoms with E-state index >= 15 is 0 Å². The van der Waals surface area contributed by atoms with E-state index in [0.29, 0.717) is 18.0 Å². The largest absolute Gasteiger partial charge is 0.371 e. The second-order valence-electron chi connectivity index (χ2n) is 8.50. The van der Waals surface area contributed by atoms with Crippen LogP contribution in [0.5, 0.6) is 0 Å². The van der Waals surface area contributed by atoms with Gasteiger partial charge >= 0.3 is 0 Å². The van der Waals surface area contributed by atoms with Gasteiger partial charge in [0.25, 0.3) is 5.91 Å². The number of rotatable bonds is 5. The maximum Gasteiger partial charge on any atom is 0.262 e. The van der Waals surface area contributed by atoms with Gasteiger partial charge in [-0.1, -0.05) is 12.1 Å². The Kier molecular flexibility index (Phi) is 5.67. The molecule has 1 atom stereocenters. The molecule has 1 fully saturated rings. The monoisotopic (exact) mass is 449 g/mol. The number of morpholine rings is 1. The number of ether oxygens (including phenoxy) is 1. The number of hydrogen-bond donors (Lipinski definition) is 1. The van der Waals surface area contributed by atoms with E-state index in [4.69, 9.17) is 9.72 Å². The van der Waals surface area contributed by atoms with Gasteiger partial charge in [0.15, 0.2) is 0 Å². The first-order valence-electron chi connectivity index (χ1n) is 11.0. The Morgan fingerprint density at radius 2 is 2.19 bits per heavy atom. The molecule has 1 amide bonds. The molecule has 4 aromatic rings. The first kappa shape index (κ1) is 21.1. The lowest BCUT2D eigenvalue weighted by Crippen LogP contribution is -2.39. The molecule has 1 N–H and O–H groups in total. The van der Waals surface area contributed by atoms with Crippen molar-refractivity contribution in [2.45, 2.75) is 39.5 Å². The van der Waals surface area contributed by atoms with E-state index in [0.717, 1.165) is 40.2 Å². The predicted molar refractivity (Wildman–Crippen MR) is 126 cm³/mol. The quantitative estimate of drug-likeness (QED) is 0.499. The summed E-state index contributed by atoms with van der Waals surface area (Å²) in [5.41, 5.74) is 4.15. The van der Waals surface area contributed by atoms with Crippen LogP contribution in [0.4, 0.5) is 0 Å². The third-order valence-electron chi connectivity index (χ3n) is 5.81. The molecular formula is C24H27N5O2S. The Morgan fingerprint density at radius 1 is 1.31 bits per heavy atom. The fourth-order valence-electron chi connectivity index (χ4n) is 4.35. The number of imidazole rings is 1. The van der Waals surface area contributed by atoms with Crippen LogP contribution in [-0.2, 0) is 11.3 Å². The number of hydrogen-bond acceptors (Lipinski definition) is 6. The SMILES string of the molecule is Cc1nc2ccccn2c1CN1CCOC(c2c(C(=O)NC(C)C)sc3ncccc23)C1. The zero-order valence-electron chi connectivity index (χ0n) is 18.5. The van der Waals surface area contributed by atoms with Gasteiger partial charge in [0.1, 0.15) is 15.4 Å². The van der Waals surface area contributed by atoms with Crippen LogP contribution in [0, 0.1) is 6.92 Å². The molecule has 0 radical (unpaired) electrons. The minimum Gasteiger partial charge on any atom is -0.371 e. The van der Waals surface area contributed by atoms with E-state index in [-0.39, 0.29) is 18.1 Å². The zero-order chi connectivity index (χ0) is 22.2. The molecule has 166 valence electrons. The summed E-state index contributed by atoms with van der Waals surface area (Å²) in [5, 5.41) is 4.04. The number of nitrogens with zero attached hydrogens (tertiary/aromatic N) is 4. The minimum atomic E-state index is -0.186. The molecule has 7 nitrogen and oxygen atoms in total. The average Bonchev–Trinajstić information content (AvgIpc) is 3.32. The number of fused-ring (bicyclic) bond motifs is 2. The van der Waals surface area contributed by atoms with E-state index in [1.165, 1.54) is 17.0 Å². The first-order chi connectivity index (χ1) is 15.5. The molecule has 0 aliphatic carbocycles. The lowest BCUT2D eigenvalue weighted by molar-refractivity contribution is -0.0328. The summed E-state index contributed by atoms with van der Waals surface area (Å²) in [6.07, 6.45) is 3.65. The molecule has 0 bridgehead atoms. The van der Waals surface area contributed by atoms with Crippen LogP contribution >= 0.6 is 11.3 Å². The van der Waals surface area contributed by atoms with Crippen LogP contribution in [0.3, 0.4) is 0 Å². The highest BCUT2D eigenvalue weighted by Gasteiger charge is 2.30. The Hall–Kier alpha value is -2.81. The van der Waals surface area contributed by atoms with Crippen LogP contribution in [0.1, 0.15) is 46.6 Å². The van der Waals surface area contributed by atoms with Crippen molar-refractivity contribution in [3.05, 3.63) is 64.6 Å². The van der Waals surface area contributed by atoms with Crippen LogP contribution in [0.2, 0.25) is 0 Å². The molecule has 1 saturated heterocycles. The van der Waals surface area contributed by atoms with Crippen molar-refractivity contribution in [1.29, 1.82) is 0 Å². The number of amides is 1. The van der Waals surface area contributed by atoms with Crippen molar-refractivity contribution < 1.29 is 9.53 Å². The topological polar surface area (TPSA) is 71.8 Å². The van der Waals surface area contributed by atoms with E-state index in [1.54, 1.807) is 6.20 Å². The Bertz CT molecular complexity index is 1280. The standard InChI is InChI=1S/C24H27N5O2S/c1-15(2)26-23(30)22-21(17-7-6-9-25-24(17)32-22)19-14-28(11-12-31-19)13-18-16(3)27-20-8-4-5-10-29(18)20/h4-10,15,19H,11-14H2,1-3H3,(H,26,30). The molecular weight excluding hydrogens is 422 g/mol. The van der Waals surface area contributed by atoms with Crippen molar-refractivity contribution in [3.63, 3.8) is 0 Å². The number of aryl methyl sites for hydroxylation is 1. The lowest BCUT2D eigenvalue weighted by atomic mass is 10.0. The van der Waals surface area contributed by atoms with Crippen LogP contribution in [-0.4, -0.2) is 50.9 Å². The fraction of sp³-hybridized carbons (Fsp3) is 0.375. The van der Waals surface area contributed by atoms with Gasteiger partial charge in [-0.15, -0.1) is 11.3 Å². The summed E-state index contributed by atoms with van der Waals surface area (Å²) in [5.74, 6) is -0.0589. The third-order valence-corrected chi connectivity index (χ3v) is 6.93. The molecule has 0 aromatic carbocycles. The molecule has 5 rings (SSSR count). The highest BCUT2D eigenvalue weighted by molar-refractivity contribution is 7.20. The van der Waals surface area contributed by atoms with Gasteiger partial charge < -0.3 is 14.5 Å².